The van der Waals surface area contributed by atoms with Crippen molar-refractivity contribution in [2.24, 2.45) is 0 Å². The van der Waals surface area contributed by atoms with Crippen molar-refractivity contribution in [1.82, 2.24) is 0 Å². The van der Waals surface area contributed by atoms with Crippen LogP contribution in [0.2, 0.25) is 0 Å². The summed E-state index contributed by atoms with van der Waals surface area (Å²) in [6.07, 6.45) is 0. The van der Waals surface area contributed by atoms with Crippen molar-refractivity contribution in [2.45, 2.75) is 12.3 Å². The van der Waals surface area contributed by atoms with E-state index in [0.29, 0.717) is 18.7 Å². The normalized spacial score (nSPS) is 21.7. The maximum atomic E-state index is 12.4. The Morgan fingerprint density at radius 3 is 2.41 bits per heavy atom. The van der Waals surface area contributed by atoms with Gasteiger partial charge in [-0.1, -0.05) is 0 Å². The summed E-state index contributed by atoms with van der Waals surface area (Å²) in [5.41, 5.74) is 0.362. The van der Waals surface area contributed by atoms with E-state index in [1.54, 1.807) is 31.0 Å². The van der Waals surface area contributed by atoms with Gasteiger partial charge in [0.05, 0.1) is 13.7 Å². The zero-order valence-corrected chi connectivity index (χ0v) is 15.5. The lowest BCUT2D eigenvalue weighted by atomic mass is 10.0. The standard InChI is InChI=1S/C19H19F2N2O3S/c1-25-15-8-4-14(5-9-15)22-12-19(24,23-10-11-27-18(22)23)13-2-6-16(7-3-13)26-17(20)21/h2-9,17,24H,10-12H2,1H3/q+1. The Morgan fingerprint density at radius 1 is 1.11 bits per heavy atom. The van der Waals surface area contributed by atoms with Crippen LogP contribution in [-0.4, -0.2) is 47.4 Å². The molecule has 1 atom stereocenters. The lowest BCUT2D eigenvalue weighted by molar-refractivity contribution is -0.650. The maximum Gasteiger partial charge on any atom is 0.387 e. The summed E-state index contributed by atoms with van der Waals surface area (Å²) >= 11 is 1.69. The fraction of sp³-hybridized carbons (Fsp3) is 0.316. The molecule has 1 unspecified atom stereocenters. The molecular formula is C19H19F2N2O3S+. The maximum absolute atomic E-state index is 12.4. The number of benzene rings is 2. The minimum absolute atomic E-state index is 0.0716. The van der Waals surface area contributed by atoms with Crippen molar-refractivity contribution in [2.75, 3.05) is 30.9 Å². The predicted molar refractivity (Wildman–Crippen MR) is 99.9 cm³/mol. The van der Waals surface area contributed by atoms with Gasteiger partial charge in [-0.2, -0.15) is 8.78 Å². The van der Waals surface area contributed by atoms with Gasteiger partial charge in [0.1, 0.15) is 17.2 Å². The largest absolute Gasteiger partial charge is 0.497 e. The number of methoxy groups -OCH3 is 1. The number of hydrogen-bond acceptors (Lipinski definition) is 5. The van der Waals surface area contributed by atoms with Crippen molar-refractivity contribution < 1.29 is 27.9 Å². The molecule has 2 heterocycles. The van der Waals surface area contributed by atoms with Gasteiger partial charge in [0, 0.05) is 11.3 Å². The molecular weight excluding hydrogens is 374 g/mol. The molecule has 2 aromatic carbocycles. The van der Waals surface area contributed by atoms with Crippen LogP contribution in [0.1, 0.15) is 5.56 Å². The van der Waals surface area contributed by atoms with E-state index in [0.717, 1.165) is 22.4 Å². The lowest BCUT2D eigenvalue weighted by Crippen LogP contribution is -2.41. The number of β-amino-alcohol motifs (C(OH)–C–C–N with tert-alkyl or cyclic N) is 1. The molecule has 2 aliphatic rings. The summed E-state index contributed by atoms with van der Waals surface area (Å²) in [4.78, 5) is 2.07. The molecule has 0 saturated carbocycles. The number of rotatable bonds is 5. The van der Waals surface area contributed by atoms with E-state index in [-0.39, 0.29) is 5.75 Å². The Labute approximate surface area is 159 Å². The Hall–Kier alpha value is -2.32. The molecule has 27 heavy (non-hydrogen) atoms. The SMILES string of the molecule is COc1ccc(N2CC(O)(c3ccc(OC(F)F)cc3)[N+]3=C2SCC3)cc1. The molecule has 5 nitrogen and oxygen atoms in total. The van der Waals surface area contributed by atoms with Gasteiger partial charge >= 0.3 is 11.8 Å². The molecule has 0 radical (unpaired) electrons. The minimum atomic E-state index is -2.87. The van der Waals surface area contributed by atoms with Gasteiger partial charge in [-0.25, -0.2) is 9.48 Å². The van der Waals surface area contributed by atoms with Gasteiger partial charge in [0.25, 0.3) is 5.72 Å². The quantitative estimate of drug-likeness (QED) is 0.791. The van der Waals surface area contributed by atoms with Crippen molar-refractivity contribution in [3.8, 4) is 11.5 Å². The molecule has 1 N–H and O–H groups in total. The number of nitrogens with zero attached hydrogens (tertiary/aromatic N) is 2. The van der Waals surface area contributed by atoms with Gasteiger partial charge in [0.15, 0.2) is 6.54 Å². The van der Waals surface area contributed by atoms with Crippen molar-refractivity contribution >= 4 is 22.6 Å². The highest BCUT2D eigenvalue weighted by atomic mass is 32.2. The lowest BCUT2D eigenvalue weighted by Gasteiger charge is -2.23. The molecule has 8 heteroatoms. The molecule has 4 rings (SSSR count). The first kappa shape index (κ1) is 18.1. The molecule has 0 aliphatic carbocycles. The Morgan fingerprint density at radius 2 is 1.78 bits per heavy atom. The summed E-state index contributed by atoms with van der Waals surface area (Å²) in [7, 11) is 1.62. The first-order chi connectivity index (χ1) is 13.0. The Kier molecular flexibility index (Phi) is 4.69. The molecule has 2 aliphatic heterocycles. The molecule has 0 aromatic heterocycles. The van der Waals surface area contributed by atoms with E-state index < -0.39 is 12.3 Å². The topological polar surface area (TPSA) is 44.9 Å². The number of ether oxygens (including phenoxy) is 2. The monoisotopic (exact) mass is 393 g/mol. The van der Waals surface area contributed by atoms with Gasteiger partial charge in [0.2, 0.25) is 0 Å². The predicted octanol–water partition coefficient (Wildman–Crippen LogP) is 3.08. The molecule has 2 aromatic rings. The third-order valence-corrected chi connectivity index (χ3v) is 5.84. The Balaban J connectivity index is 1.65. The van der Waals surface area contributed by atoms with Crippen LogP contribution in [0.3, 0.4) is 0 Å². The molecule has 142 valence electrons. The van der Waals surface area contributed by atoms with E-state index in [1.807, 2.05) is 28.8 Å². The zero-order chi connectivity index (χ0) is 19.0. The minimum Gasteiger partial charge on any atom is -0.497 e. The van der Waals surface area contributed by atoms with Crippen LogP contribution in [0.4, 0.5) is 14.5 Å². The molecule has 0 bridgehead atoms. The van der Waals surface area contributed by atoms with Crippen LogP contribution < -0.4 is 14.4 Å². The average molecular weight is 393 g/mol. The summed E-state index contributed by atoms with van der Waals surface area (Å²) in [5, 5.41) is 12.5. The summed E-state index contributed by atoms with van der Waals surface area (Å²) in [6, 6.07) is 13.9. The number of thioether (sulfide) groups is 1. The summed E-state index contributed by atoms with van der Waals surface area (Å²) in [5.74, 6) is 1.71. The number of anilines is 1. The highest BCUT2D eigenvalue weighted by molar-refractivity contribution is 8.14. The third-order valence-electron chi connectivity index (χ3n) is 4.76. The first-order valence-electron chi connectivity index (χ1n) is 8.48. The highest BCUT2D eigenvalue weighted by Gasteiger charge is 2.54. The molecule has 0 saturated heterocycles. The van der Waals surface area contributed by atoms with Crippen molar-refractivity contribution in [3.05, 3.63) is 54.1 Å². The van der Waals surface area contributed by atoms with E-state index in [4.69, 9.17) is 4.74 Å². The summed E-state index contributed by atoms with van der Waals surface area (Å²) < 4.78 is 36.3. The van der Waals surface area contributed by atoms with Crippen LogP contribution >= 0.6 is 11.8 Å². The van der Waals surface area contributed by atoms with E-state index in [2.05, 4.69) is 9.64 Å². The molecule has 0 fully saturated rings. The second-order valence-electron chi connectivity index (χ2n) is 6.29. The van der Waals surface area contributed by atoms with Gasteiger partial charge in [-0.15, -0.1) is 0 Å². The van der Waals surface area contributed by atoms with Gasteiger partial charge < -0.3 is 14.6 Å². The van der Waals surface area contributed by atoms with Crippen molar-refractivity contribution in [1.29, 1.82) is 0 Å². The molecule has 0 amide bonds. The van der Waals surface area contributed by atoms with Crippen LogP contribution in [-0.2, 0) is 5.72 Å². The number of halogens is 2. The van der Waals surface area contributed by atoms with Crippen molar-refractivity contribution in [3.63, 3.8) is 0 Å². The van der Waals surface area contributed by atoms with Crippen LogP contribution in [0.25, 0.3) is 0 Å². The van der Waals surface area contributed by atoms with E-state index in [9.17, 15) is 13.9 Å². The first-order valence-corrected chi connectivity index (χ1v) is 9.46. The van der Waals surface area contributed by atoms with Gasteiger partial charge in [-0.3, -0.25) is 0 Å². The average Bonchev–Trinajstić information content (AvgIpc) is 3.26. The third kappa shape index (κ3) is 3.23. The fourth-order valence-corrected chi connectivity index (χ4v) is 4.64. The van der Waals surface area contributed by atoms with E-state index >= 15 is 0 Å². The second-order valence-corrected chi connectivity index (χ2v) is 7.35. The van der Waals surface area contributed by atoms with Gasteiger partial charge in [-0.05, 0) is 60.3 Å². The number of aliphatic hydroxyl groups is 1. The number of hydrogen-bond donors (Lipinski definition) is 1. The van der Waals surface area contributed by atoms with Crippen LogP contribution in [0.5, 0.6) is 11.5 Å². The highest BCUT2D eigenvalue weighted by Crippen LogP contribution is 2.38. The smallest absolute Gasteiger partial charge is 0.387 e. The number of amidine groups is 1. The van der Waals surface area contributed by atoms with Crippen LogP contribution in [0, 0.1) is 0 Å². The molecule has 0 spiro atoms. The fourth-order valence-electron chi connectivity index (χ4n) is 3.46. The van der Waals surface area contributed by atoms with E-state index in [1.165, 1.54) is 12.1 Å². The summed E-state index contributed by atoms with van der Waals surface area (Å²) in [6.45, 7) is -1.82. The van der Waals surface area contributed by atoms with Crippen LogP contribution in [0.15, 0.2) is 48.5 Å². The number of alkyl halides is 2. The second kappa shape index (κ2) is 7.01. The zero-order valence-electron chi connectivity index (χ0n) is 14.6. The Bertz CT molecular complexity index is 858.